The zero-order valence-electron chi connectivity index (χ0n) is 12.6. The summed E-state index contributed by atoms with van der Waals surface area (Å²) in [6.45, 7) is 6.43. The van der Waals surface area contributed by atoms with E-state index in [0.29, 0.717) is 4.99 Å². The van der Waals surface area contributed by atoms with Gasteiger partial charge >= 0.3 is 0 Å². The summed E-state index contributed by atoms with van der Waals surface area (Å²) in [5.41, 5.74) is 9.07. The third-order valence-electron chi connectivity index (χ3n) is 4.22. The van der Waals surface area contributed by atoms with Crippen molar-refractivity contribution in [2.75, 3.05) is 5.32 Å². The molecule has 0 amide bonds. The fourth-order valence-corrected chi connectivity index (χ4v) is 3.31. The Morgan fingerprint density at radius 2 is 1.90 bits per heavy atom. The molecule has 1 aliphatic rings. The highest BCUT2D eigenvalue weighted by atomic mass is 32.1. The number of thiocarbonyl (C=S) groups is 1. The van der Waals surface area contributed by atoms with Gasteiger partial charge in [0.2, 0.25) is 0 Å². The second-order valence-corrected chi connectivity index (χ2v) is 6.25. The largest absolute Gasteiger partial charge is 0.389 e. The van der Waals surface area contributed by atoms with Gasteiger partial charge in [-0.2, -0.15) is 5.10 Å². The van der Waals surface area contributed by atoms with Gasteiger partial charge in [0.15, 0.2) is 5.82 Å². The molecule has 0 saturated heterocycles. The Hall–Kier alpha value is -1.23. The van der Waals surface area contributed by atoms with Gasteiger partial charge in [-0.3, -0.25) is 0 Å². The molecule has 1 fully saturated rings. The van der Waals surface area contributed by atoms with Crippen LogP contribution in [0.15, 0.2) is 0 Å². The van der Waals surface area contributed by atoms with E-state index in [-0.39, 0.29) is 5.54 Å². The summed E-state index contributed by atoms with van der Waals surface area (Å²) < 4.78 is 0. The molecule has 1 heterocycles. The number of nitrogens with zero attached hydrogens (tertiary/aromatic N) is 2. The molecule has 0 aliphatic heterocycles. The van der Waals surface area contributed by atoms with Crippen LogP contribution in [0.1, 0.15) is 63.3 Å². The average molecular weight is 292 g/mol. The molecule has 0 spiro atoms. The lowest BCUT2D eigenvalue weighted by Gasteiger charge is -2.27. The van der Waals surface area contributed by atoms with Crippen molar-refractivity contribution in [3.63, 3.8) is 0 Å². The maximum Gasteiger partial charge on any atom is 0.159 e. The lowest BCUT2D eigenvalue weighted by Crippen LogP contribution is -2.33. The molecule has 20 heavy (non-hydrogen) atoms. The molecule has 110 valence electrons. The summed E-state index contributed by atoms with van der Waals surface area (Å²) in [6, 6.07) is 0. The van der Waals surface area contributed by atoms with Crippen molar-refractivity contribution in [3.05, 3.63) is 16.8 Å². The third kappa shape index (κ3) is 2.92. The minimum Gasteiger partial charge on any atom is -0.389 e. The summed E-state index contributed by atoms with van der Waals surface area (Å²) in [6.07, 6.45) is 6.55. The number of aryl methyl sites for hydroxylation is 1. The van der Waals surface area contributed by atoms with Gasteiger partial charge in [0.05, 0.1) is 11.3 Å². The predicted octanol–water partition coefficient (Wildman–Crippen LogP) is 2.98. The van der Waals surface area contributed by atoms with Crippen LogP contribution in [0.3, 0.4) is 0 Å². The van der Waals surface area contributed by atoms with Crippen molar-refractivity contribution >= 4 is 23.0 Å². The molecule has 1 aromatic heterocycles. The van der Waals surface area contributed by atoms with Crippen LogP contribution in [-0.2, 0) is 12.8 Å². The Morgan fingerprint density at radius 1 is 1.25 bits per heavy atom. The van der Waals surface area contributed by atoms with E-state index in [1.165, 1.54) is 12.8 Å². The monoisotopic (exact) mass is 292 g/mol. The molecule has 0 unspecified atom stereocenters. The third-order valence-corrected chi connectivity index (χ3v) is 4.42. The van der Waals surface area contributed by atoms with Crippen LogP contribution in [0.25, 0.3) is 0 Å². The zero-order chi connectivity index (χ0) is 14.8. The van der Waals surface area contributed by atoms with Gasteiger partial charge in [-0.05, 0) is 38.2 Å². The Morgan fingerprint density at radius 3 is 2.40 bits per heavy atom. The summed E-state index contributed by atoms with van der Waals surface area (Å²) in [5, 5.41) is 12.3. The first-order valence-electron chi connectivity index (χ1n) is 7.47. The van der Waals surface area contributed by atoms with Gasteiger partial charge in [-0.25, -0.2) is 0 Å². The van der Waals surface area contributed by atoms with Crippen LogP contribution in [0.5, 0.6) is 0 Å². The van der Waals surface area contributed by atoms with Gasteiger partial charge in [0, 0.05) is 5.54 Å². The Kier molecular flexibility index (Phi) is 4.58. The Balaban J connectivity index is 2.44. The van der Waals surface area contributed by atoms with E-state index in [1.54, 1.807) is 0 Å². The predicted molar refractivity (Wildman–Crippen MR) is 87.2 cm³/mol. The highest BCUT2D eigenvalue weighted by Gasteiger charge is 2.30. The molecule has 5 heteroatoms. The minimum absolute atomic E-state index is 0.0902. The SMILES string of the molecule is CCc1nnc(NC2(C)CCCC2)c(C(N)=S)c1CC. The average Bonchev–Trinajstić information content (AvgIpc) is 2.84. The number of aromatic nitrogens is 2. The van der Waals surface area contributed by atoms with Crippen molar-refractivity contribution in [2.24, 2.45) is 5.73 Å². The zero-order valence-corrected chi connectivity index (χ0v) is 13.4. The molecular formula is C15H24N4S. The first-order valence-corrected chi connectivity index (χ1v) is 7.88. The first kappa shape index (κ1) is 15.2. The second kappa shape index (κ2) is 6.04. The molecule has 0 radical (unpaired) electrons. The molecule has 1 aromatic rings. The van der Waals surface area contributed by atoms with Gasteiger partial charge in [-0.15, -0.1) is 5.10 Å². The Labute approximate surface area is 126 Å². The van der Waals surface area contributed by atoms with Gasteiger partial charge < -0.3 is 11.1 Å². The van der Waals surface area contributed by atoms with Crippen molar-refractivity contribution in [1.29, 1.82) is 0 Å². The molecule has 0 bridgehead atoms. The van der Waals surface area contributed by atoms with Crippen LogP contribution >= 0.6 is 12.2 Å². The van der Waals surface area contributed by atoms with Crippen molar-refractivity contribution in [3.8, 4) is 0 Å². The summed E-state index contributed by atoms with van der Waals surface area (Å²) in [4.78, 5) is 0.413. The molecular weight excluding hydrogens is 268 g/mol. The normalized spacial score (nSPS) is 17.1. The number of hydrogen-bond acceptors (Lipinski definition) is 4. The number of anilines is 1. The van der Waals surface area contributed by atoms with E-state index < -0.39 is 0 Å². The number of rotatable bonds is 5. The highest BCUT2D eigenvalue weighted by Crippen LogP contribution is 2.33. The van der Waals surface area contributed by atoms with Crippen LogP contribution < -0.4 is 11.1 Å². The van der Waals surface area contributed by atoms with Crippen LogP contribution in [0.4, 0.5) is 5.82 Å². The molecule has 0 atom stereocenters. The van der Waals surface area contributed by atoms with E-state index in [2.05, 4.69) is 36.3 Å². The van der Waals surface area contributed by atoms with Crippen LogP contribution in [0.2, 0.25) is 0 Å². The van der Waals surface area contributed by atoms with E-state index in [9.17, 15) is 0 Å². The number of nitrogens with two attached hydrogens (primary N) is 1. The van der Waals surface area contributed by atoms with E-state index in [4.69, 9.17) is 18.0 Å². The second-order valence-electron chi connectivity index (χ2n) is 5.81. The van der Waals surface area contributed by atoms with Gasteiger partial charge in [0.25, 0.3) is 0 Å². The molecule has 0 aromatic carbocycles. The van der Waals surface area contributed by atoms with E-state index in [1.807, 2.05) is 0 Å². The van der Waals surface area contributed by atoms with Crippen molar-refractivity contribution in [2.45, 2.75) is 64.8 Å². The van der Waals surface area contributed by atoms with Gasteiger partial charge in [0.1, 0.15) is 4.99 Å². The number of hydrogen-bond donors (Lipinski definition) is 2. The highest BCUT2D eigenvalue weighted by molar-refractivity contribution is 7.80. The Bertz CT molecular complexity index is 507. The summed E-state index contributed by atoms with van der Waals surface area (Å²) in [5.74, 6) is 0.760. The minimum atomic E-state index is 0.0902. The first-order chi connectivity index (χ1) is 9.50. The maximum atomic E-state index is 5.96. The molecule has 3 N–H and O–H groups in total. The smallest absolute Gasteiger partial charge is 0.159 e. The lowest BCUT2D eigenvalue weighted by molar-refractivity contribution is 0.529. The maximum absolute atomic E-state index is 5.96. The van der Waals surface area contributed by atoms with E-state index in [0.717, 1.165) is 48.3 Å². The van der Waals surface area contributed by atoms with Crippen molar-refractivity contribution in [1.82, 2.24) is 10.2 Å². The summed E-state index contributed by atoms with van der Waals surface area (Å²) >= 11 is 5.26. The van der Waals surface area contributed by atoms with Crippen LogP contribution in [0, 0.1) is 0 Å². The fourth-order valence-electron chi connectivity index (χ4n) is 3.09. The topological polar surface area (TPSA) is 63.8 Å². The standard InChI is InChI=1S/C15H24N4S/c1-4-10-11(5-2)18-19-14(12(10)13(16)20)17-15(3)8-6-7-9-15/h4-9H2,1-3H3,(H2,16,20)(H,17,19). The fraction of sp³-hybridized carbons (Fsp3) is 0.667. The number of nitrogens with one attached hydrogen (secondary N) is 1. The molecule has 1 aliphatic carbocycles. The quantitative estimate of drug-likeness (QED) is 0.817. The molecule has 1 saturated carbocycles. The molecule has 4 nitrogen and oxygen atoms in total. The molecule has 2 rings (SSSR count). The summed E-state index contributed by atoms with van der Waals surface area (Å²) in [7, 11) is 0. The van der Waals surface area contributed by atoms with Crippen molar-refractivity contribution < 1.29 is 0 Å². The van der Waals surface area contributed by atoms with Crippen LogP contribution in [-0.4, -0.2) is 20.7 Å². The van der Waals surface area contributed by atoms with E-state index >= 15 is 0 Å². The lowest BCUT2D eigenvalue weighted by atomic mass is 9.98. The van der Waals surface area contributed by atoms with Gasteiger partial charge in [-0.1, -0.05) is 38.9 Å².